The molecule has 0 saturated carbocycles. The second-order valence-electron chi connectivity index (χ2n) is 9.25. The van der Waals surface area contributed by atoms with Crippen molar-refractivity contribution in [1.82, 2.24) is 0 Å². The molecule has 1 aliphatic rings. The lowest BCUT2D eigenvalue weighted by Gasteiger charge is -2.22. The van der Waals surface area contributed by atoms with Crippen LogP contribution in [0.25, 0.3) is 22.3 Å². The van der Waals surface area contributed by atoms with Crippen molar-refractivity contribution in [3.63, 3.8) is 0 Å². The SMILES string of the molecule is CCCCc1ccc(-c2ccc3c(c2)Sc2cc(-c4ccc(CCCC)cc4)ccc2N3)cc1. The zero-order valence-electron chi connectivity index (χ0n) is 20.2. The average Bonchev–Trinajstić information content (AvgIpc) is 2.89. The van der Waals surface area contributed by atoms with Crippen LogP contribution in [0.1, 0.15) is 50.7 Å². The van der Waals surface area contributed by atoms with Crippen molar-refractivity contribution in [3.8, 4) is 22.3 Å². The molecule has 172 valence electrons. The lowest BCUT2D eigenvalue weighted by atomic mass is 10.0. The number of fused-ring (bicyclic) bond motifs is 2. The van der Waals surface area contributed by atoms with E-state index in [1.54, 1.807) is 0 Å². The summed E-state index contributed by atoms with van der Waals surface area (Å²) >= 11 is 1.87. The number of benzene rings is 4. The average molecular weight is 464 g/mol. The molecule has 2 heteroatoms. The molecule has 1 N–H and O–H groups in total. The maximum absolute atomic E-state index is 3.64. The minimum atomic E-state index is 1.17. The summed E-state index contributed by atoms with van der Waals surface area (Å²) in [5.41, 5.74) is 10.4. The van der Waals surface area contributed by atoms with Crippen LogP contribution < -0.4 is 5.32 Å². The first-order valence-electron chi connectivity index (χ1n) is 12.6. The van der Waals surface area contributed by atoms with Crippen molar-refractivity contribution in [2.75, 3.05) is 5.32 Å². The van der Waals surface area contributed by atoms with Crippen molar-refractivity contribution >= 4 is 23.1 Å². The number of anilines is 2. The van der Waals surface area contributed by atoms with Crippen LogP contribution in [0.3, 0.4) is 0 Å². The van der Waals surface area contributed by atoms with Crippen LogP contribution in [-0.2, 0) is 12.8 Å². The van der Waals surface area contributed by atoms with Gasteiger partial charge in [0, 0.05) is 9.79 Å². The fourth-order valence-electron chi connectivity index (χ4n) is 4.53. The molecular weight excluding hydrogens is 430 g/mol. The van der Waals surface area contributed by atoms with Gasteiger partial charge in [-0.2, -0.15) is 0 Å². The number of hydrogen-bond donors (Lipinski definition) is 1. The van der Waals surface area contributed by atoms with E-state index in [2.05, 4.69) is 104 Å². The zero-order valence-corrected chi connectivity index (χ0v) is 21.1. The molecule has 0 amide bonds. The summed E-state index contributed by atoms with van der Waals surface area (Å²) < 4.78 is 0. The molecule has 0 aromatic heterocycles. The Morgan fingerprint density at radius 3 is 1.35 bits per heavy atom. The van der Waals surface area contributed by atoms with Crippen molar-refractivity contribution in [3.05, 3.63) is 96.1 Å². The van der Waals surface area contributed by atoms with Crippen LogP contribution in [-0.4, -0.2) is 0 Å². The predicted molar refractivity (Wildman–Crippen MR) is 148 cm³/mol. The van der Waals surface area contributed by atoms with Gasteiger partial charge in [-0.3, -0.25) is 0 Å². The third kappa shape index (κ3) is 5.08. The lowest BCUT2D eigenvalue weighted by Crippen LogP contribution is -2.00. The molecule has 1 aliphatic heterocycles. The molecule has 34 heavy (non-hydrogen) atoms. The topological polar surface area (TPSA) is 12.0 Å². The van der Waals surface area contributed by atoms with Crippen LogP contribution >= 0.6 is 11.8 Å². The van der Waals surface area contributed by atoms with Gasteiger partial charge in [-0.25, -0.2) is 0 Å². The minimum Gasteiger partial charge on any atom is -0.354 e. The molecule has 0 spiro atoms. The molecule has 0 saturated heterocycles. The molecule has 1 heterocycles. The monoisotopic (exact) mass is 463 g/mol. The highest BCUT2D eigenvalue weighted by molar-refractivity contribution is 7.99. The van der Waals surface area contributed by atoms with Gasteiger partial charge in [0.2, 0.25) is 0 Å². The summed E-state index contributed by atoms with van der Waals surface area (Å²) in [5, 5.41) is 3.64. The number of rotatable bonds is 8. The molecule has 4 aromatic rings. The maximum Gasteiger partial charge on any atom is 0.0526 e. The zero-order chi connectivity index (χ0) is 23.3. The third-order valence-corrected chi connectivity index (χ3v) is 7.78. The first kappa shape index (κ1) is 22.8. The Kier molecular flexibility index (Phi) is 7.06. The van der Waals surface area contributed by atoms with Crippen LogP contribution in [0, 0.1) is 0 Å². The molecule has 4 aromatic carbocycles. The van der Waals surface area contributed by atoms with E-state index in [0.717, 1.165) is 0 Å². The largest absolute Gasteiger partial charge is 0.354 e. The van der Waals surface area contributed by atoms with Crippen molar-refractivity contribution in [1.29, 1.82) is 0 Å². The van der Waals surface area contributed by atoms with E-state index in [1.807, 2.05) is 11.8 Å². The van der Waals surface area contributed by atoms with E-state index in [1.165, 1.54) is 93.1 Å². The van der Waals surface area contributed by atoms with Gasteiger partial charge >= 0.3 is 0 Å². The Morgan fingerprint density at radius 2 is 0.941 bits per heavy atom. The van der Waals surface area contributed by atoms with E-state index >= 15 is 0 Å². The van der Waals surface area contributed by atoms with E-state index < -0.39 is 0 Å². The highest BCUT2D eigenvalue weighted by atomic mass is 32.2. The predicted octanol–water partition coefficient (Wildman–Crippen LogP) is 9.91. The number of unbranched alkanes of at least 4 members (excludes halogenated alkanes) is 2. The fourth-order valence-corrected chi connectivity index (χ4v) is 5.60. The second-order valence-corrected chi connectivity index (χ2v) is 10.3. The summed E-state index contributed by atoms with van der Waals surface area (Å²) in [6, 6.07) is 31.7. The normalized spacial score (nSPS) is 12.1. The fraction of sp³-hybridized carbons (Fsp3) is 0.250. The number of nitrogens with one attached hydrogen (secondary N) is 1. The van der Waals surface area contributed by atoms with E-state index in [0.29, 0.717) is 0 Å². The van der Waals surface area contributed by atoms with E-state index in [9.17, 15) is 0 Å². The molecule has 0 fully saturated rings. The van der Waals surface area contributed by atoms with Crippen molar-refractivity contribution in [2.24, 2.45) is 0 Å². The van der Waals surface area contributed by atoms with Crippen LogP contribution in [0.4, 0.5) is 11.4 Å². The van der Waals surface area contributed by atoms with Gasteiger partial charge in [-0.05, 0) is 83.3 Å². The first-order valence-corrected chi connectivity index (χ1v) is 13.5. The summed E-state index contributed by atoms with van der Waals surface area (Å²) in [6.07, 6.45) is 7.33. The van der Waals surface area contributed by atoms with Crippen LogP contribution in [0.5, 0.6) is 0 Å². The summed E-state index contributed by atoms with van der Waals surface area (Å²) in [6.45, 7) is 4.50. The molecule has 0 unspecified atom stereocenters. The Labute approximate surface area is 208 Å². The lowest BCUT2D eigenvalue weighted by molar-refractivity contribution is 0.795. The van der Waals surface area contributed by atoms with E-state index in [-0.39, 0.29) is 0 Å². The number of aryl methyl sites for hydroxylation is 2. The molecular formula is C32H33NS. The van der Waals surface area contributed by atoms with Crippen molar-refractivity contribution in [2.45, 2.75) is 62.2 Å². The molecule has 0 bridgehead atoms. The van der Waals surface area contributed by atoms with Gasteiger partial charge in [0.05, 0.1) is 11.4 Å². The first-order chi connectivity index (χ1) is 16.7. The Bertz CT molecular complexity index is 1160. The molecule has 0 radical (unpaired) electrons. The minimum absolute atomic E-state index is 1.17. The van der Waals surface area contributed by atoms with Gasteiger partial charge in [-0.1, -0.05) is 99.1 Å². The highest BCUT2D eigenvalue weighted by Crippen LogP contribution is 2.46. The highest BCUT2D eigenvalue weighted by Gasteiger charge is 2.17. The smallest absolute Gasteiger partial charge is 0.0526 e. The van der Waals surface area contributed by atoms with Crippen LogP contribution in [0.2, 0.25) is 0 Å². The van der Waals surface area contributed by atoms with Gasteiger partial charge in [0.25, 0.3) is 0 Å². The van der Waals surface area contributed by atoms with Crippen LogP contribution in [0.15, 0.2) is 94.7 Å². The third-order valence-electron chi connectivity index (χ3n) is 6.67. The van der Waals surface area contributed by atoms with Crippen molar-refractivity contribution < 1.29 is 0 Å². The quantitative estimate of drug-likeness (QED) is 0.246. The van der Waals surface area contributed by atoms with Gasteiger partial charge in [0.1, 0.15) is 0 Å². The number of hydrogen-bond acceptors (Lipinski definition) is 2. The summed E-state index contributed by atoms with van der Waals surface area (Å²) in [4.78, 5) is 2.57. The van der Waals surface area contributed by atoms with E-state index in [4.69, 9.17) is 0 Å². The molecule has 0 aliphatic carbocycles. The molecule has 0 atom stereocenters. The Morgan fingerprint density at radius 1 is 0.529 bits per heavy atom. The second kappa shape index (κ2) is 10.5. The van der Waals surface area contributed by atoms with Gasteiger partial charge in [-0.15, -0.1) is 0 Å². The standard InChI is InChI=1S/C32H33NS/c1-3-5-7-23-9-13-25(14-10-23)27-17-19-29-31(21-27)34-32-22-28(18-20-30(32)33-29)26-15-11-24(12-16-26)8-6-4-2/h9-22,33H,3-8H2,1-2H3. The van der Waals surface area contributed by atoms with Gasteiger partial charge < -0.3 is 5.32 Å². The molecule has 1 nitrogen and oxygen atoms in total. The van der Waals surface area contributed by atoms with Gasteiger partial charge in [0.15, 0.2) is 0 Å². The Hall–Kier alpha value is -2.97. The molecule has 5 rings (SSSR count). The summed E-state index contributed by atoms with van der Waals surface area (Å²) in [7, 11) is 0. The Balaban J connectivity index is 1.36. The summed E-state index contributed by atoms with van der Waals surface area (Å²) in [5.74, 6) is 0. The maximum atomic E-state index is 3.64.